The molecule has 18 heavy (non-hydrogen) atoms. The first-order valence-electron chi connectivity index (χ1n) is 5.33. The summed E-state index contributed by atoms with van der Waals surface area (Å²) in [4.78, 5) is 0. The van der Waals surface area contributed by atoms with Crippen LogP contribution in [0.1, 0.15) is 18.9 Å². The summed E-state index contributed by atoms with van der Waals surface area (Å²) in [5.74, 6) is 0.164. The fourth-order valence-electron chi connectivity index (χ4n) is 1.28. The standard InChI is InChI=1S/C11H12BrFN4O/c1-6(14-2)10-16-17-11(18-10)15-7-3-4-9(13)8(12)5-7/h3-6,14H,1-2H3,(H,15,17). The van der Waals surface area contributed by atoms with E-state index >= 15 is 0 Å². The summed E-state index contributed by atoms with van der Waals surface area (Å²) in [5.41, 5.74) is 0.663. The number of hydrogen-bond acceptors (Lipinski definition) is 5. The van der Waals surface area contributed by atoms with Crippen molar-refractivity contribution in [1.29, 1.82) is 0 Å². The molecule has 0 aliphatic carbocycles. The van der Waals surface area contributed by atoms with E-state index in [4.69, 9.17) is 4.42 Å². The summed E-state index contributed by atoms with van der Waals surface area (Å²) < 4.78 is 18.8. The van der Waals surface area contributed by atoms with Crippen LogP contribution in [0, 0.1) is 5.82 Å². The quantitative estimate of drug-likeness (QED) is 0.908. The van der Waals surface area contributed by atoms with Crippen molar-refractivity contribution in [3.8, 4) is 0 Å². The van der Waals surface area contributed by atoms with Crippen molar-refractivity contribution >= 4 is 27.6 Å². The van der Waals surface area contributed by atoms with Gasteiger partial charge in [-0.05, 0) is 48.1 Å². The zero-order valence-electron chi connectivity index (χ0n) is 9.87. The molecule has 1 aromatic heterocycles. The first-order chi connectivity index (χ1) is 8.60. The second-order valence-corrected chi connectivity index (χ2v) is 4.56. The van der Waals surface area contributed by atoms with Crippen LogP contribution in [0.2, 0.25) is 0 Å². The SMILES string of the molecule is CNC(C)c1nnc(Nc2ccc(F)c(Br)c2)o1. The van der Waals surface area contributed by atoms with Gasteiger partial charge in [-0.2, -0.15) is 0 Å². The van der Waals surface area contributed by atoms with Crippen LogP contribution < -0.4 is 10.6 Å². The summed E-state index contributed by atoms with van der Waals surface area (Å²) in [6, 6.07) is 4.78. The third kappa shape index (κ3) is 2.85. The zero-order valence-corrected chi connectivity index (χ0v) is 11.5. The molecule has 0 radical (unpaired) electrons. The fourth-order valence-corrected chi connectivity index (χ4v) is 1.66. The van der Waals surface area contributed by atoms with E-state index < -0.39 is 0 Å². The Bertz CT molecular complexity index is 546. The number of rotatable bonds is 4. The van der Waals surface area contributed by atoms with Crippen LogP contribution in [0.3, 0.4) is 0 Å². The first kappa shape index (κ1) is 13.0. The highest BCUT2D eigenvalue weighted by Crippen LogP contribution is 2.23. The Morgan fingerprint density at radius 2 is 2.17 bits per heavy atom. The molecule has 0 spiro atoms. The average molecular weight is 315 g/mol. The molecule has 0 amide bonds. The molecule has 0 aliphatic rings. The molecule has 0 saturated heterocycles. The third-order valence-corrected chi connectivity index (χ3v) is 3.02. The largest absolute Gasteiger partial charge is 0.406 e. The highest BCUT2D eigenvalue weighted by Gasteiger charge is 2.12. The second kappa shape index (κ2) is 5.45. The van der Waals surface area contributed by atoms with Crippen molar-refractivity contribution in [1.82, 2.24) is 15.5 Å². The van der Waals surface area contributed by atoms with Gasteiger partial charge in [0, 0.05) is 5.69 Å². The molecular formula is C11H12BrFN4O. The Morgan fingerprint density at radius 3 is 2.83 bits per heavy atom. The molecule has 2 rings (SSSR count). The molecule has 0 bridgehead atoms. The van der Waals surface area contributed by atoms with Crippen molar-refractivity contribution in [3.63, 3.8) is 0 Å². The van der Waals surface area contributed by atoms with Crippen LogP contribution in [0.25, 0.3) is 0 Å². The second-order valence-electron chi connectivity index (χ2n) is 3.71. The molecule has 96 valence electrons. The predicted octanol–water partition coefficient (Wildman–Crippen LogP) is 3.00. The number of halogens is 2. The smallest absolute Gasteiger partial charge is 0.320 e. The number of nitrogens with zero attached hydrogens (tertiary/aromatic N) is 2. The monoisotopic (exact) mass is 314 g/mol. The normalized spacial score (nSPS) is 12.4. The Morgan fingerprint density at radius 1 is 1.39 bits per heavy atom. The molecule has 1 aromatic carbocycles. The van der Waals surface area contributed by atoms with Crippen LogP contribution in [0.5, 0.6) is 0 Å². The van der Waals surface area contributed by atoms with Gasteiger partial charge in [-0.25, -0.2) is 4.39 Å². The van der Waals surface area contributed by atoms with Gasteiger partial charge in [0.1, 0.15) is 5.82 Å². The van der Waals surface area contributed by atoms with Gasteiger partial charge in [-0.1, -0.05) is 5.10 Å². The fraction of sp³-hybridized carbons (Fsp3) is 0.273. The summed E-state index contributed by atoms with van der Waals surface area (Å²) >= 11 is 3.11. The maximum absolute atomic E-state index is 13.1. The molecule has 0 fully saturated rings. The molecule has 7 heteroatoms. The van der Waals surface area contributed by atoms with Crippen molar-refractivity contribution in [2.75, 3.05) is 12.4 Å². The van der Waals surface area contributed by atoms with Crippen molar-refractivity contribution in [3.05, 3.63) is 34.4 Å². The molecule has 1 unspecified atom stereocenters. The first-order valence-corrected chi connectivity index (χ1v) is 6.12. The van der Waals surface area contributed by atoms with Crippen LogP contribution in [-0.4, -0.2) is 17.2 Å². The number of nitrogens with one attached hydrogen (secondary N) is 2. The maximum atomic E-state index is 13.1. The molecule has 0 saturated carbocycles. The van der Waals surface area contributed by atoms with Crippen molar-refractivity contribution in [2.45, 2.75) is 13.0 Å². The predicted molar refractivity (Wildman–Crippen MR) is 69.2 cm³/mol. The summed E-state index contributed by atoms with van der Waals surface area (Å²) in [5, 5.41) is 13.7. The third-order valence-electron chi connectivity index (χ3n) is 2.41. The van der Waals surface area contributed by atoms with Gasteiger partial charge in [0.25, 0.3) is 0 Å². The Hall–Kier alpha value is -1.47. The minimum absolute atomic E-state index is 0.0204. The summed E-state index contributed by atoms with van der Waals surface area (Å²) in [6.07, 6.45) is 0. The number of hydrogen-bond donors (Lipinski definition) is 2. The van der Waals surface area contributed by atoms with Gasteiger partial charge >= 0.3 is 6.01 Å². The van der Waals surface area contributed by atoms with E-state index in [1.165, 1.54) is 6.07 Å². The van der Waals surface area contributed by atoms with Crippen molar-refractivity contribution < 1.29 is 8.81 Å². The van der Waals surface area contributed by atoms with Crippen LogP contribution >= 0.6 is 15.9 Å². The topological polar surface area (TPSA) is 63.0 Å². The van der Waals surface area contributed by atoms with E-state index in [1.807, 2.05) is 6.92 Å². The van der Waals surface area contributed by atoms with Crippen molar-refractivity contribution in [2.24, 2.45) is 0 Å². The lowest BCUT2D eigenvalue weighted by molar-refractivity contribution is 0.443. The van der Waals surface area contributed by atoms with E-state index in [-0.39, 0.29) is 17.9 Å². The summed E-state index contributed by atoms with van der Waals surface area (Å²) in [7, 11) is 1.80. The summed E-state index contributed by atoms with van der Waals surface area (Å²) in [6.45, 7) is 1.91. The highest BCUT2D eigenvalue weighted by molar-refractivity contribution is 9.10. The van der Waals surface area contributed by atoms with E-state index in [2.05, 4.69) is 36.8 Å². The molecule has 1 atom stereocenters. The van der Waals surface area contributed by atoms with E-state index in [1.54, 1.807) is 19.2 Å². The van der Waals surface area contributed by atoms with Gasteiger partial charge in [0.05, 0.1) is 10.5 Å². The van der Waals surface area contributed by atoms with Gasteiger partial charge in [-0.3, -0.25) is 0 Å². The van der Waals surface area contributed by atoms with Crippen LogP contribution in [0.15, 0.2) is 27.1 Å². The average Bonchev–Trinajstić information content (AvgIpc) is 2.81. The maximum Gasteiger partial charge on any atom is 0.320 e. The lowest BCUT2D eigenvalue weighted by atomic mass is 10.3. The minimum atomic E-state index is -0.324. The van der Waals surface area contributed by atoms with Gasteiger partial charge in [-0.15, -0.1) is 5.10 Å². The van der Waals surface area contributed by atoms with E-state index in [0.29, 0.717) is 16.1 Å². The van der Waals surface area contributed by atoms with E-state index in [9.17, 15) is 4.39 Å². The van der Waals surface area contributed by atoms with E-state index in [0.717, 1.165) is 0 Å². The number of anilines is 2. The van der Waals surface area contributed by atoms with Crippen LogP contribution in [0.4, 0.5) is 16.1 Å². The molecule has 1 heterocycles. The molecule has 0 aliphatic heterocycles. The number of aromatic nitrogens is 2. The lowest BCUT2D eigenvalue weighted by Crippen LogP contribution is -2.12. The molecule has 2 aromatic rings. The number of benzene rings is 1. The Kier molecular flexibility index (Phi) is 3.93. The van der Waals surface area contributed by atoms with Gasteiger partial charge in [0.15, 0.2) is 0 Å². The zero-order chi connectivity index (χ0) is 13.1. The Labute approximate surface area is 112 Å². The lowest BCUT2D eigenvalue weighted by Gasteiger charge is -2.04. The molecular weight excluding hydrogens is 303 g/mol. The Balaban J connectivity index is 2.13. The molecule has 5 nitrogen and oxygen atoms in total. The van der Waals surface area contributed by atoms with Gasteiger partial charge in [0.2, 0.25) is 5.89 Å². The van der Waals surface area contributed by atoms with Gasteiger partial charge < -0.3 is 15.1 Å². The molecule has 2 N–H and O–H groups in total. The van der Waals surface area contributed by atoms with Crippen LogP contribution in [-0.2, 0) is 0 Å². The highest BCUT2D eigenvalue weighted by atomic mass is 79.9. The minimum Gasteiger partial charge on any atom is -0.406 e.